The van der Waals surface area contributed by atoms with E-state index in [0.29, 0.717) is 5.57 Å². The molecule has 1 aliphatic carbocycles. The van der Waals surface area contributed by atoms with Gasteiger partial charge in [-0.25, -0.2) is 4.79 Å². The molecule has 1 unspecified atom stereocenters. The average molecular weight is 262 g/mol. The van der Waals surface area contributed by atoms with Crippen LogP contribution in [0.15, 0.2) is 35.8 Å². The highest BCUT2D eigenvalue weighted by molar-refractivity contribution is 5.73. The molecule has 98 valence electrons. The quantitative estimate of drug-likeness (QED) is 0.822. The van der Waals surface area contributed by atoms with Gasteiger partial charge >= 0.3 is 12.2 Å². The maximum absolute atomic E-state index is 12.1. The standard InChI is InChI=1S/C10H9F3N2O3/c11-10(12,13)5-17-7-2-1-3-8-6(7)4-15(18-8)9(14)16/h1-4,7H,5H2,(H2,14,16). The van der Waals surface area contributed by atoms with Crippen LogP contribution in [0.2, 0.25) is 0 Å². The van der Waals surface area contributed by atoms with Gasteiger partial charge in [-0.2, -0.15) is 13.2 Å². The first kappa shape index (κ1) is 12.5. The van der Waals surface area contributed by atoms with E-state index in [1.54, 1.807) is 0 Å². The van der Waals surface area contributed by atoms with Crippen LogP contribution >= 0.6 is 0 Å². The summed E-state index contributed by atoms with van der Waals surface area (Å²) in [5, 5.41) is 0.734. The predicted molar refractivity (Wildman–Crippen MR) is 53.6 cm³/mol. The van der Waals surface area contributed by atoms with E-state index in [1.807, 2.05) is 0 Å². The Labute approximate surface area is 99.9 Å². The van der Waals surface area contributed by atoms with Crippen LogP contribution in [-0.2, 0) is 9.57 Å². The number of amides is 2. The van der Waals surface area contributed by atoms with Crippen LogP contribution in [0.1, 0.15) is 0 Å². The van der Waals surface area contributed by atoms with Crippen LogP contribution < -0.4 is 5.73 Å². The monoisotopic (exact) mass is 262 g/mol. The van der Waals surface area contributed by atoms with Crippen LogP contribution in [0.25, 0.3) is 0 Å². The van der Waals surface area contributed by atoms with Gasteiger partial charge in [0.15, 0.2) is 5.76 Å². The van der Waals surface area contributed by atoms with Gasteiger partial charge in [-0.1, -0.05) is 12.2 Å². The van der Waals surface area contributed by atoms with Crippen molar-refractivity contribution in [2.75, 3.05) is 6.61 Å². The molecule has 0 bridgehead atoms. The summed E-state index contributed by atoms with van der Waals surface area (Å²) in [6, 6.07) is -0.868. The van der Waals surface area contributed by atoms with E-state index in [2.05, 4.69) is 0 Å². The molecule has 1 heterocycles. The fourth-order valence-corrected chi connectivity index (χ4v) is 1.50. The van der Waals surface area contributed by atoms with Crippen LogP contribution in [0.3, 0.4) is 0 Å². The number of fused-ring (bicyclic) bond motifs is 1. The molecule has 0 aromatic heterocycles. The smallest absolute Gasteiger partial charge is 0.371 e. The van der Waals surface area contributed by atoms with Crippen LogP contribution in [0.5, 0.6) is 0 Å². The van der Waals surface area contributed by atoms with E-state index in [4.69, 9.17) is 15.3 Å². The van der Waals surface area contributed by atoms with Crippen molar-refractivity contribution in [3.05, 3.63) is 35.8 Å². The zero-order valence-electron chi connectivity index (χ0n) is 8.98. The number of nitrogens with two attached hydrogens (primary N) is 1. The number of carbonyl (C=O) groups excluding carboxylic acids is 1. The molecule has 1 aliphatic heterocycles. The average Bonchev–Trinajstić information content (AvgIpc) is 2.69. The van der Waals surface area contributed by atoms with E-state index in [0.717, 1.165) is 5.06 Å². The van der Waals surface area contributed by atoms with Gasteiger partial charge in [0.05, 0.1) is 11.8 Å². The van der Waals surface area contributed by atoms with Gasteiger partial charge in [0.1, 0.15) is 12.7 Å². The van der Waals surface area contributed by atoms with Crippen molar-refractivity contribution in [3.63, 3.8) is 0 Å². The van der Waals surface area contributed by atoms with Gasteiger partial charge in [-0.05, 0) is 6.08 Å². The fourth-order valence-electron chi connectivity index (χ4n) is 1.50. The van der Waals surface area contributed by atoms with Gasteiger partial charge in [0.2, 0.25) is 0 Å². The SMILES string of the molecule is NC(=O)N1C=C2C(=CC=CC2OCC(F)(F)F)O1. The lowest BCUT2D eigenvalue weighted by Gasteiger charge is -2.18. The van der Waals surface area contributed by atoms with Crippen molar-refractivity contribution in [3.8, 4) is 0 Å². The number of nitrogens with zero attached hydrogens (tertiary/aromatic N) is 1. The molecule has 1 atom stereocenters. The number of hydroxylamine groups is 2. The molecule has 2 aliphatic rings. The first-order valence-electron chi connectivity index (χ1n) is 4.92. The fraction of sp³-hybridized carbons (Fsp3) is 0.300. The maximum Gasteiger partial charge on any atom is 0.411 e. The molecule has 8 heteroatoms. The summed E-state index contributed by atoms with van der Waals surface area (Å²) in [5.41, 5.74) is 5.31. The third-order valence-corrected chi connectivity index (χ3v) is 2.22. The molecule has 0 aromatic rings. The zero-order valence-corrected chi connectivity index (χ0v) is 8.98. The number of alkyl halides is 3. The molecule has 0 fully saturated rings. The van der Waals surface area contributed by atoms with Gasteiger partial charge in [-0.15, -0.1) is 5.06 Å². The molecule has 0 aromatic carbocycles. The highest BCUT2D eigenvalue weighted by atomic mass is 19.4. The Kier molecular flexibility index (Phi) is 3.04. The number of primary amides is 1. The van der Waals surface area contributed by atoms with Crippen molar-refractivity contribution in [2.45, 2.75) is 12.3 Å². The van der Waals surface area contributed by atoms with Crippen molar-refractivity contribution in [1.82, 2.24) is 5.06 Å². The molecular formula is C10H9F3N2O3. The molecule has 0 saturated heterocycles. The Hall–Kier alpha value is -1.96. The number of hydrogen-bond acceptors (Lipinski definition) is 3. The number of urea groups is 1. The summed E-state index contributed by atoms with van der Waals surface area (Å²) in [5.74, 6) is 0.239. The van der Waals surface area contributed by atoms with Crippen molar-refractivity contribution in [2.24, 2.45) is 5.73 Å². The lowest BCUT2D eigenvalue weighted by Crippen LogP contribution is -2.28. The Balaban J connectivity index is 2.09. The zero-order chi connectivity index (χ0) is 13.3. The number of rotatable bonds is 2. The van der Waals surface area contributed by atoms with Gasteiger partial charge < -0.3 is 15.3 Å². The third-order valence-electron chi connectivity index (χ3n) is 2.22. The first-order valence-corrected chi connectivity index (χ1v) is 4.92. The third kappa shape index (κ3) is 2.65. The Morgan fingerprint density at radius 3 is 2.89 bits per heavy atom. The number of halogens is 3. The summed E-state index contributed by atoms with van der Waals surface area (Å²) in [7, 11) is 0. The van der Waals surface area contributed by atoms with Crippen LogP contribution in [0.4, 0.5) is 18.0 Å². The minimum atomic E-state index is -4.42. The molecule has 2 rings (SSSR count). The highest BCUT2D eigenvalue weighted by Gasteiger charge is 2.34. The van der Waals surface area contributed by atoms with Crippen LogP contribution in [-0.4, -0.2) is 30.0 Å². The number of hydrogen-bond donors (Lipinski definition) is 1. The van der Waals surface area contributed by atoms with E-state index >= 15 is 0 Å². The second-order valence-corrected chi connectivity index (χ2v) is 3.60. The molecule has 18 heavy (non-hydrogen) atoms. The molecule has 2 N–H and O–H groups in total. The summed E-state index contributed by atoms with van der Waals surface area (Å²) in [6.07, 6.45) is 0.281. The maximum atomic E-state index is 12.1. The predicted octanol–water partition coefficient (Wildman–Crippen LogP) is 1.60. The Morgan fingerprint density at radius 1 is 1.56 bits per heavy atom. The van der Waals surface area contributed by atoms with Gasteiger partial charge in [-0.3, -0.25) is 0 Å². The molecule has 0 radical (unpaired) electrons. The summed E-state index contributed by atoms with van der Waals surface area (Å²) in [4.78, 5) is 15.9. The van der Waals surface area contributed by atoms with Crippen molar-refractivity contribution < 1.29 is 27.5 Å². The number of allylic oxidation sites excluding steroid dienone is 2. The summed E-state index contributed by atoms with van der Waals surface area (Å²) < 4.78 is 40.9. The second kappa shape index (κ2) is 4.37. The lowest BCUT2D eigenvalue weighted by molar-refractivity contribution is -0.177. The molecular weight excluding hydrogens is 253 g/mol. The molecule has 5 nitrogen and oxygen atoms in total. The van der Waals surface area contributed by atoms with Crippen LogP contribution in [0, 0.1) is 0 Å². The molecule has 2 amide bonds. The molecule has 0 spiro atoms. The van der Waals surface area contributed by atoms with Crippen molar-refractivity contribution in [1.29, 1.82) is 0 Å². The normalized spacial score (nSPS) is 22.2. The second-order valence-electron chi connectivity index (χ2n) is 3.60. The topological polar surface area (TPSA) is 64.8 Å². The Bertz CT molecular complexity index is 454. The Morgan fingerprint density at radius 2 is 2.28 bits per heavy atom. The minimum absolute atomic E-state index is 0.239. The largest absolute Gasteiger partial charge is 0.411 e. The number of carbonyl (C=O) groups is 1. The summed E-state index contributed by atoms with van der Waals surface area (Å²) in [6.45, 7) is -1.39. The number of ether oxygens (including phenoxy) is 1. The minimum Gasteiger partial charge on any atom is -0.371 e. The van der Waals surface area contributed by atoms with E-state index in [9.17, 15) is 18.0 Å². The van der Waals surface area contributed by atoms with E-state index in [-0.39, 0.29) is 5.76 Å². The highest BCUT2D eigenvalue weighted by Crippen LogP contribution is 2.31. The summed E-state index contributed by atoms with van der Waals surface area (Å²) >= 11 is 0. The lowest BCUT2D eigenvalue weighted by atomic mass is 10.0. The van der Waals surface area contributed by atoms with E-state index in [1.165, 1.54) is 24.4 Å². The molecule has 0 saturated carbocycles. The van der Waals surface area contributed by atoms with Gasteiger partial charge in [0.25, 0.3) is 0 Å². The van der Waals surface area contributed by atoms with Gasteiger partial charge in [0, 0.05) is 0 Å². The van der Waals surface area contributed by atoms with E-state index < -0.39 is 24.9 Å². The van der Waals surface area contributed by atoms with Crippen molar-refractivity contribution >= 4 is 6.03 Å². The first-order chi connectivity index (χ1) is 8.37.